The quantitative estimate of drug-likeness (QED) is 0.444. The number of furan rings is 1. The summed E-state index contributed by atoms with van der Waals surface area (Å²) in [5, 5.41) is 4.41. The molecule has 0 N–H and O–H groups in total. The van der Waals surface area contributed by atoms with Gasteiger partial charge in [-0.3, -0.25) is 4.79 Å². The summed E-state index contributed by atoms with van der Waals surface area (Å²) in [7, 11) is 0. The smallest absolute Gasteiger partial charge is 0.223 e. The zero-order valence-electron chi connectivity index (χ0n) is 16.1. The van der Waals surface area contributed by atoms with Gasteiger partial charge in [-0.05, 0) is 41.8 Å². The van der Waals surface area contributed by atoms with E-state index in [1.165, 1.54) is 0 Å². The molecule has 1 amide bonds. The highest BCUT2D eigenvalue weighted by Crippen LogP contribution is 2.14. The first-order chi connectivity index (χ1) is 14.3. The van der Waals surface area contributed by atoms with Gasteiger partial charge in [-0.1, -0.05) is 48.5 Å². The summed E-state index contributed by atoms with van der Waals surface area (Å²) in [5.74, 6) is 0.879. The summed E-state index contributed by atoms with van der Waals surface area (Å²) in [6.07, 6.45) is 6.52. The lowest BCUT2D eigenvalue weighted by molar-refractivity contribution is -0.132. The molecule has 0 fully saturated rings. The van der Waals surface area contributed by atoms with E-state index in [1.807, 2.05) is 94.8 Å². The first-order valence-electron chi connectivity index (χ1n) is 9.71. The van der Waals surface area contributed by atoms with Crippen molar-refractivity contribution in [3.8, 4) is 5.69 Å². The van der Waals surface area contributed by atoms with Crippen molar-refractivity contribution in [2.24, 2.45) is 0 Å². The minimum atomic E-state index is 0.0951. The van der Waals surface area contributed by atoms with Crippen LogP contribution in [0.2, 0.25) is 0 Å². The number of para-hydroxylation sites is 1. The van der Waals surface area contributed by atoms with Crippen LogP contribution in [0.3, 0.4) is 0 Å². The van der Waals surface area contributed by atoms with Gasteiger partial charge in [0.05, 0.1) is 24.7 Å². The van der Waals surface area contributed by atoms with Crippen LogP contribution in [0.1, 0.15) is 23.3 Å². The van der Waals surface area contributed by atoms with Crippen LogP contribution in [-0.2, 0) is 24.3 Å². The number of hydrogen-bond acceptors (Lipinski definition) is 3. The molecule has 0 saturated heterocycles. The molecule has 0 bridgehead atoms. The predicted molar refractivity (Wildman–Crippen MR) is 111 cm³/mol. The molecular formula is C24H23N3O2. The van der Waals surface area contributed by atoms with Gasteiger partial charge < -0.3 is 9.32 Å². The van der Waals surface area contributed by atoms with E-state index in [0.29, 0.717) is 25.9 Å². The van der Waals surface area contributed by atoms with Crippen LogP contribution in [0.25, 0.3) is 5.69 Å². The van der Waals surface area contributed by atoms with Crippen molar-refractivity contribution in [1.82, 2.24) is 14.7 Å². The predicted octanol–water partition coefficient (Wildman–Crippen LogP) is 4.63. The Hall–Kier alpha value is -3.60. The van der Waals surface area contributed by atoms with Crippen molar-refractivity contribution < 1.29 is 9.21 Å². The normalized spacial score (nSPS) is 10.8. The number of carbonyl (C=O) groups excluding carboxylic acids is 1. The number of rotatable bonds is 8. The number of carbonyl (C=O) groups is 1. The molecule has 0 spiro atoms. The number of benzene rings is 2. The molecular weight excluding hydrogens is 362 g/mol. The van der Waals surface area contributed by atoms with Gasteiger partial charge in [-0.15, -0.1) is 0 Å². The zero-order chi connectivity index (χ0) is 19.9. The molecule has 0 aliphatic rings. The second-order valence-electron chi connectivity index (χ2n) is 6.94. The minimum Gasteiger partial charge on any atom is -0.467 e. The highest BCUT2D eigenvalue weighted by atomic mass is 16.3. The minimum absolute atomic E-state index is 0.0951. The second-order valence-corrected chi connectivity index (χ2v) is 6.94. The lowest BCUT2D eigenvalue weighted by Gasteiger charge is -2.22. The summed E-state index contributed by atoms with van der Waals surface area (Å²) in [5.41, 5.74) is 3.15. The highest BCUT2D eigenvalue weighted by Gasteiger charge is 2.16. The van der Waals surface area contributed by atoms with E-state index in [9.17, 15) is 4.79 Å². The standard InChI is InChI=1S/C24H23N3O2/c28-24(14-13-21-16-25-27(18-21)22-10-5-2-6-11-22)26(19-23-12-7-15-29-23)17-20-8-3-1-4-9-20/h1-12,15-16,18H,13-14,17,19H2. The van der Waals surface area contributed by atoms with Crippen molar-refractivity contribution in [2.75, 3.05) is 0 Å². The van der Waals surface area contributed by atoms with Gasteiger partial charge >= 0.3 is 0 Å². The van der Waals surface area contributed by atoms with Gasteiger partial charge in [0.15, 0.2) is 0 Å². The largest absolute Gasteiger partial charge is 0.467 e. The van der Waals surface area contributed by atoms with Crippen molar-refractivity contribution in [3.05, 3.63) is 108 Å². The van der Waals surface area contributed by atoms with Gasteiger partial charge in [0, 0.05) is 19.2 Å². The Bertz CT molecular complexity index is 1020. The van der Waals surface area contributed by atoms with Crippen LogP contribution in [0.5, 0.6) is 0 Å². The highest BCUT2D eigenvalue weighted by molar-refractivity contribution is 5.76. The SMILES string of the molecule is O=C(CCc1cnn(-c2ccccc2)c1)N(Cc1ccccc1)Cc1ccco1. The van der Waals surface area contributed by atoms with E-state index in [4.69, 9.17) is 4.42 Å². The Kier molecular flexibility index (Phi) is 5.86. The average molecular weight is 385 g/mol. The van der Waals surface area contributed by atoms with Gasteiger partial charge in [-0.2, -0.15) is 5.10 Å². The van der Waals surface area contributed by atoms with Crippen LogP contribution in [0.15, 0.2) is 95.9 Å². The molecule has 4 aromatic rings. The topological polar surface area (TPSA) is 51.3 Å². The number of hydrogen-bond donors (Lipinski definition) is 0. The van der Waals surface area contributed by atoms with E-state index >= 15 is 0 Å². The maximum atomic E-state index is 13.0. The van der Waals surface area contributed by atoms with Gasteiger partial charge in [0.2, 0.25) is 5.91 Å². The summed E-state index contributed by atoms with van der Waals surface area (Å²) < 4.78 is 7.30. The van der Waals surface area contributed by atoms with Crippen LogP contribution in [0, 0.1) is 0 Å². The van der Waals surface area contributed by atoms with Crippen LogP contribution >= 0.6 is 0 Å². The number of aromatic nitrogens is 2. The van der Waals surface area contributed by atoms with Gasteiger partial charge in [0.25, 0.3) is 0 Å². The molecule has 0 unspecified atom stereocenters. The lowest BCUT2D eigenvalue weighted by atomic mass is 10.1. The zero-order valence-corrected chi connectivity index (χ0v) is 16.1. The summed E-state index contributed by atoms with van der Waals surface area (Å²) >= 11 is 0. The Morgan fingerprint density at radius 3 is 2.38 bits per heavy atom. The lowest BCUT2D eigenvalue weighted by Crippen LogP contribution is -2.30. The van der Waals surface area contributed by atoms with Crippen molar-refractivity contribution >= 4 is 5.91 Å². The van der Waals surface area contributed by atoms with Crippen molar-refractivity contribution in [1.29, 1.82) is 0 Å². The molecule has 0 saturated carbocycles. The van der Waals surface area contributed by atoms with E-state index in [2.05, 4.69) is 5.10 Å². The summed E-state index contributed by atoms with van der Waals surface area (Å²) in [4.78, 5) is 14.8. The van der Waals surface area contributed by atoms with Gasteiger partial charge in [0.1, 0.15) is 5.76 Å². The fourth-order valence-corrected chi connectivity index (χ4v) is 3.25. The number of nitrogens with zero attached hydrogens (tertiary/aromatic N) is 3. The molecule has 146 valence electrons. The molecule has 5 heteroatoms. The first kappa shape index (κ1) is 18.7. The maximum absolute atomic E-state index is 13.0. The molecule has 0 radical (unpaired) electrons. The maximum Gasteiger partial charge on any atom is 0.223 e. The first-order valence-corrected chi connectivity index (χ1v) is 9.71. The monoisotopic (exact) mass is 385 g/mol. The van der Waals surface area contributed by atoms with E-state index < -0.39 is 0 Å². The fourth-order valence-electron chi connectivity index (χ4n) is 3.25. The Morgan fingerprint density at radius 1 is 0.897 bits per heavy atom. The Morgan fingerprint density at radius 2 is 1.66 bits per heavy atom. The second kappa shape index (κ2) is 9.06. The molecule has 4 rings (SSSR count). The van der Waals surface area contributed by atoms with E-state index in [0.717, 1.165) is 22.6 Å². The van der Waals surface area contributed by atoms with Crippen LogP contribution in [0.4, 0.5) is 0 Å². The van der Waals surface area contributed by atoms with Crippen LogP contribution in [-0.4, -0.2) is 20.6 Å². The third-order valence-electron chi connectivity index (χ3n) is 4.78. The Balaban J connectivity index is 1.41. The Labute approximate surface area is 170 Å². The third kappa shape index (κ3) is 5.02. The third-order valence-corrected chi connectivity index (χ3v) is 4.78. The molecule has 0 aliphatic carbocycles. The number of aryl methyl sites for hydroxylation is 1. The van der Waals surface area contributed by atoms with E-state index in [1.54, 1.807) is 6.26 Å². The molecule has 29 heavy (non-hydrogen) atoms. The summed E-state index contributed by atoms with van der Waals surface area (Å²) in [6, 6.07) is 23.7. The molecule has 2 aromatic carbocycles. The molecule has 5 nitrogen and oxygen atoms in total. The molecule has 0 atom stereocenters. The average Bonchev–Trinajstić information content (AvgIpc) is 3.45. The van der Waals surface area contributed by atoms with Gasteiger partial charge in [-0.25, -0.2) is 4.68 Å². The van der Waals surface area contributed by atoms with E-state index in [-0.39, 0.29) is 5.91 Å². The number of amides is 1. The summed E-state index contributed by atoms with van der Waals surface area (Å²) in [6.45, 7) is 1.02. The molecule has 2 heterocycles. The van der Waals surface area contributed by atoms with Crippen molar-refractivity contribution in [2.45, 2.75) is 25.9 Å². The molecule has 0 aliphatic heterocycles. The van der Waals surface area contributed by atoms with Crippen molar-refractivity contribution in [3.63, 3.8) is 0 Å². The molecule has 2 aromatic heterocycles. The van der Waals surface area contributed by atoms with Crippen LogP contribution < -0.4 is 0 Å². The fraction of sp³-hybridized carbons (Fsp3) is 0.167.